The summed E-state index contributed by atoms with van der Waals surface area (Å²) in [6.07, 6.45) is 7.95. The molecule has 0 amide bonds. The molecule has 0 saturated heterocycles. The Morgan fingerprint density at radius 1 is 1.00 bits per heavy atom. The molecule has 0 radical (unpaired) electrons. The van der Waals surface area contributed by atoms with E-state index < -0.39 is 0 Å². The molecule has 0 aromatic heterocycles. The van der Waals surface area contributed by atoms with Gasteiger partial charge in [-0.15, -0.1) is 0 Å². The molecule has 0 atom stereocenters. The number of rotatable bonds is 9. The van der Waals surface area contributed by atoms with E-state index in [1.54, 1.807) is 0 Å². The van der Waals surface area contributed by atoms with Gasteiger partial charge in [-0.1, -0.05) is 53.9 Å². The first-order chi connectivity index (χ1) is 7.05. The molecule has 1 nitrogen and oxygen atoms in total. The third-order valence-corrected chi connectivity index (χ3v) is 3.31. The zero-order valence-electron chi connectivity index (χ0n) is 11.5. The van der Waals surface area contributed by atoms with Gasteiger partial charge in [-0.3, -0.25) is 0 Å². The molecular weight excluding hydrogens is 182 g/mol. The van der Waals surface area contributed by atoms with Gasteiger partial charge in [0.25, 0.3) is 0 Å². The second kappa shape index (κ2) is 8.15. The first-order valence-electron chi connectivity index (χ1n) is 6.79. The highest BCUT2D eigenvalue weighted by atomic mass is 14.9. The molecule has 15 heavy (non-hydrogen) atoms. The zero-order valence-corrected chi connectivity index (χ0v) is 11.5. The van der Waals surface area contributed by atoms with Crippen molar-refractivity contribution in [2.24, 2.45) is 5.41 Å². The van der Waals surface area contributed by atoms with Crippen molar-refractivity contribution in [2.75, 3.05) is 6.54 Å². The highest BCUT2D eigenvalue weighted by Gasteiger charge is 2.17. The highest BCUT2D eigenvalue weighted by Crippen LogP contribution is 2.23. The largest absolute Gasteiger partial charge is 0.313 e. The van der Waals surface area contributed by atoms with Crippen molar-refractivity contribution < 1.29 is 0 Å². The summed E-state index contributed by atoms with van der Waals surface area (Å²) in [6, 6.07) is 0.718. The van der Waals surface area contributed by atoms with E-state index in [1.165, 1.54) is 45.1 Å². The molecule has 0 unspecified atom stereocenters. The van der Waals surface area contributed by atoms with Crippen molar-refractivity contribution in [3.8, 4) is 0 Å². The molecular formula is C14H31N. The summed E-state index contributed by atoms with van der Waals surface area (Å²) >= 11 is 0. The molecule has 0 aromatic carbocycles. The fourth-order valence-electron chi connectivity index (χ4n) is 1.94. The van der Waals surface area contributed by atoms with Crippen LogP contribution in [0.1, 0.15) is 73.1 Å². The summed E-state index contributed by atoms with van der Waals surface area (Å²) in [7, 11) is 0. The van der Waals surface area contributed by atoms with Gasteiger partial charge in [-0.25, -0.2) is 0 Å². The van der Waals surface area contributed by atoms with E-state index in [0.717, 1.165) is 6.04 Å². The second-order valence-electron chi connectivity index (χ2n) is 5.52. The number of hydrogen-bond acceptors (Lipinski definition) is 1. The Bertz CT molecular complexity index is 136. The van der Waals surface area contributed by atoms with Crippen LogP contribution in [0.4, 0.5) is 0 Å². The highest BCUT2D eigenvalue weighted by molar-refractivity contribution is 4.74. The molecule has 0 aromatic rings. The number of hydrogen-bond donors (Lipinski definition) is 1. The van der Waals surface area contributed by atoms with Gasteiger partial charge in [0.2, 0.25) is 0 Å². The summed E-state index contributed by atoms with van der Waals surface area (Å²) in [5, 5.41) is 3.69. The summed E-state index contributed by atoms with van der Waals surface area (Å²) in [6.45, 7) is 12.8. The van der Waals surface area contributed by atoms with Crippen molar-refractivity contribution in [3.05, 3.63) is 0 Å². The van der Waals surface area contributed by atoms with Gasteiger partial charge in [0.1, 0.15) is 0 Å². The lowest BCUT2D eigenvalue weighted by Crippen LogP contribution is -2.36. The normalized spacial score (nSPS) is 12.4. The van der Waals surface area contributed by atoms with E-state index in [-0.39, 0.29) is 0 Å². The van der Waals surface area contributed by atoms with Gasteiger partial charge in [0.05, 0.1) is 0 Å². The van der Waals surface area contributed by atoms with Crippen LogP contribution in [0.15, 0.2) is 0 Å². The minimum atomic E-state index is 0.470. The first kappa shape index (κ1) is 15.0. The topological polar surface area (TPSA) is 12.0 Å². The van der Waals surface area contributed by atoms with E-state index in [9.17, 15) is 0 Å². The van der Waals surface area contributed by atoms with Gasteiger partial charge in [0.15, 0.2) is 0 Å². The standard InChI is InChI=1S/C14H31N/c1-6-9-10-11-14(4,5)12-15-13(7-2)8-3/h13,15H,6-12H2,1-5H3. The molecule has 0 rings (SSSR count). The predicted octanol–water partition coefficient (Wildman–Crippen LogP) is 4.37. The van der Waals surface area contributed by atoms with Gasteiger partial charge >= 0.3 is 0 Å². The fourth-order valence-corrected chi connectivity index (χ4v) is 1.94. The van der Waals surface area contributed by atoms with Crippen LogP contribution >= 0.6 is 0 Å². The van der Waals surface area contributed by atoms with Crippen molar-refractivity contribution in [3.63, 3.8) is 0 Å². The molecule has 0 spiro atoms. The lowest BCUT2D eigenvalue weighted by atomic mass is 9.86. The quantitative estimate of drug-likeness (QED) is 0.561. The Labute approximate surface area is 97.0 Å². The third-order valence-electron chi connectivity index (χ3n) is 3.31. The lowest BCUT2D eigenvalue weighted by Gasteiger charge is -2.27. The van der Waals surface area contributed by atoms with Crippen LogP contribution in [-0.4, -0.2) is 12.6 Å². The SMILES string of the molecule is CCCCCC(C)(C)CNC(CC)CC. The molecule has 0 aliphatic carbocycles. The minimum Gasteiger partial charge on any atom is -0.313 e. The van der Waals surface area contributed by atoms with Crippen molar-refractivity contribution >= 4 is 0 Å². The molecule has 0 saturated carbocycles. The molecule has 0 aliphatic rings. The predicted molar refractivity (Wildman–Crippen MR) is 70.3 cm³/mol. The maximum atomic E-state index is 3.69. The molecule has 92 valence electrons. The minimum absolute atomic E-state index is 0.470. The van der Waals surface area contributed by atoms with E-state index in [1.807, 2.05) is 0 Å². The second-order valence-corrected chi connectivity index (χ2v) is 5.52. The summed E-state index contributed by atoms with van der Waals surface area (Å²) in [5.74, 6) is 0. The van der Waals surface area contributed by atoms with E-state index >= 15 is 0 Å². The summed E-state index contributed by atoms with van der Waals surface area (Å²) < 4.78 is 0. The van der Waals surface area contributed by atoms with Gasteiger partial charge in [-0.2, -0.15) is 0 Å². The van der Waals surface area contributed by atoms with Crippen LogP contribution in [0.25, 0.3) is 0 Å². The molecule has 0 heterocycles. The number of unbranched alkanes of at least 4 members (excludes halogenated alkanes) is 2. The zero-order chi connectivity index (χ0) is 11.7. The lowest BCUT2D eigenvalue weighted by molar-refractivity contribution is 0.282. The molecule has 1 N–H and O–H groups in total. The van der Waals surface area contributed by atoms with Gasteiger partial charge in [-0.05, 0) is 24.7 Å². The Kier molecular flexibility index (Phi) is 8.13. The Balaban J connectivity index is 3.71. The van der Waals surface area contributed by atoms with Gasteiger partial charge in [0, 0.05) is 12.6 Å². The molecule has 1 heteroatoms. The fraction of sp³-hybridized carbons (Fsp3) is 1.00. The van der Waals surface area contributed by atoms with E-state index in [0.29, 0.717) is 5.41 Å². The average Bonchev–Trinajstić information content (AvgIpc) is 2.19. The first-order valence-corrected chi connectivity index (χ1v) is 6.79. The van der Waals surface area contributed by atoms with Crippen molar-refractivity contribution in [1.82, 2.24) is 5.32 Å². The summed E-state index contributed by atoms with van der Waals surface area (Å²) in [4.78, 5) is 0. The Hall–Kier alpha value is -0.0400. The third kappa shape index (κ3) is 7.84. The van der Waals surface area contributed by atoms with Gasteiger partial charge < -0.3 is 5.32 Å². The molecule has 0 aliphatic heterocycles. The Morgan fingerprint density at radius 2 is 1.60 bits per heavy atom. The van der Waals surface area contributed by atoms with Crippen molar-refractivity contribution in [2.45, 2.75) is 79.2 Å². The van der Waals surface area contributed by atoms with Crippen LogP contribution in [0, 0.1) is 5.41 Å². The van der Waals surface area contributed by atoms with E-state index in [4.69, 9.17) is 0 Å². The van der Waals surface area contributed by atoms with Crippen LogP contribution in [0.5, 0.6) is 0 Å². The van der Waals surface area contributed by atoms with E-state index in [2.05, 4.69) is 39.9 Å². The van der Waals surface area contributed by atoms with Crippen LogP contribution in [0.2, 0.25) is 0 Å². The van der Waals surface area contributed by atoms with Crippen molar-refractivity contribution in [1.29, 1.82) is 0 Å². The number of nitrogens with one attached hydrogen (secondary N) is 1. The smallest absolute Gasteiger partial charge is 0.00620 e. The molecule has 0 fully saturated rings. The summed E-state index contributed by atoms with van der Waals surface area (Å²) in [5.41, 5.74) is 0.470. The maximum Gasteiger partial charge on any atom is 0.00620 e. The van der Waals surface area contributed by atoms with Crippen LogP contribution in [-0.2, 0) is 0 Å². The molecule has 0 bridgehead atoms. The average molecular weight is 213 g/mol. The van der Waals surface area contributed by atoms with Crippen LogP contribution < -0.4 is 5.32 Å². The Morgan fingerprint density at radius 3 is 2.07 bits per heavy atom. The maximum absolute atomic E-state index is 3.69. The monoisotopic (exact) mass is 213 g/mol. The van der Waals surface area contributed by atoms with Crippen LogP contribution in [0.3, 0.4) is 0 Å².